The Bertz CT molecular complexity index is 1770. The van der Waals surface area contributed by atoms with Crippen molar-refractivity contribution in [1.29, 1.82) is 10.5 Å². The highest BCUT2D eigenvalue weighted by Crippen LogP contribution is 2.61. The van der Waals surface area contributed by atoms with Crippen LogP contribution in [0.3, 0.4) is 0 Å². The summed E-state index contributed by atoms with van der Waals surface area (Å²) in [6.07, 6.45) is 7.79. The fourth-order valence-corrected chi connectivity index (χ4v) is 8.80. The number of hydrogen-bond acceptors (Lipinski definition) is 2. The summed E-state index contributed by atoms with van der Waals surface area (Å²) in [6, 6.07) is 30.5. The van der Waals surface area contributed by atoms with E-state index in [1.807, 2.05) is 6.07 Å². The van der Waals surface area contributed by atoms with Gasteiger partial charge in [-0.15, -0.1) is 0 Å². The van der Waals surface area contributed by atoms with E-state index in [9.17, 15) is 10.5 Å². The van der Waals surface area contributed by atoms with E-state index in [0.29, 0.717) is 11.1 Å². The predicted molar refractivity (Wildman–Crippen MR) is 148 cm³/mol. The molecule has 4 bridgehead atoms. The Morgan fingerprint density at radius 1 is 0.676 bits per heavy atom. The largest absolute Gasteiger partial charge is 0.307 e. The van der Waals surface area contributed by atoms with Gasteiger partial charge in [0.15, 0.2) is 0 Å². The summed E-state index contributed by atoms with van der Waals surface area (Å²) in [5.41, 5.74) is 5.39. The average Bonchev–Trinajstić information content (AvgIpc) is 3.26. The molecule has 1 aromatic heterocycles. The van der Waals surface area contributed by atoms with Gasteiger partial charge in [-0.3, -0.25) is 0 Å². The van der Waals surface area contributed by atoms with Gasteiger partial charge in [-0.2, -0.15) is 10.5 Å². The van der Waals surface area contributed by atoms with Crippen LogP contribution in [0.4, 0.5) is 0 Å². The van der Waals surface area contributed by atoms with E-state index in [4.69, 9.17) is 0 Å². The Balaban J connectivity index is 1.42. The number of benzene rings is 4. The number of aromatic nitrogens is 1. The van der Waals surface area contributed by atoms with Crippen LogP contribution in [0.25, 0.3) is 38.3 Å². The first kappa shape index (κ1) is 21.0. The third-order valence-corrected chi connectivity index (χ3v) is 9.79. The summed E-state index contributed by atoms with van der Waals surface area (Å²) in [7, 11) is 0. The molecule has 0 spiro atoms. The SMILES string of the molecule is N#Cc1cc(C23CC4CC(CC(C4)C2)C3)cc(C#N)c1-n1c2ccccc2c2c3ccccc3ccc21. The number of nitrogens with zero attached hydrogens (tertiary/aromatic N) is 3. The molecule has 4 saturated carbocycles. The molecule has 178 valence electrons. The molecule has 0 aliphatic heterocycles. The van der Waals surface area contributed by atoms with Crippen molar-refractivity contribution in [2.24, 2.45) is 17.8 Å². The minimum atomic E-state index is 0.140. The molecule has 0 atom stereocenters. The zero-order chi connectivity index (χ0) is 24.7. The summed E-state index contributed by atoms with van der Waals surface area (Å²) in [6.45, 7) is 0. The maximum atomic E-state index is 10.5. The fraction of sp³-hybridized carbons (Fsp3) is 0.294. The van der Waals surface area contributed by atoms with E-state index < -0.39 is 0 Å². The minimum Gasteiger partial charge on any atom is -0.307 e. The molecule has 0 saturated heterocycles. The van der Waals surface area contributed by atoms with Crippen LogP contribution in [-0.4, -0.2) is 4.57 Å². The monoisotopic (exact) mass is 477 g/mol. The lowest BCUT2D eigenvalue weighted by Crippen LogP contribution is -2.48. The van der Waals surface area contributed by atoms with Crippen LogP contribution in [0.2, 0.25) is 0 Å². The van der Waals surface area contributed by atoms with Crippen molar-refractivity contribution in [3.63, 3.8) is 0 Å². The van der Waals surface area contributed by atoms with Gasteiger partial charge in [0.2, 0.25) is 0 Å². The molecule has 37 heavy (non-hydrogen) atoms. The van der Waals surface area contributed by atoms with Crippen molar-refractivity contribution >= 4 is 32.6 Å². The Labute approximate surface area is 216 Å². The van der Waals surface area contributed by atoms with Crippen molar-refractivity contribution in [2.75, 3.05) is 0 Å². The highest BCUT2D eigenvalue weighted by molar-refractivity contribution is 6.21. The van der Waals surface area contributed by atoms with Gasteiger partial charge in [-0.25, -0.2) is 0 Å². The normalized spacial score (nSPS) is 26.1. The van der Waals surface area contributed by atoms with Gasteiger partial charge in [0.1, 0.15) is 12.1 Å². The lowest BCUT2D eigenvalue weighted by Gasteiger charge is -2.57. The quantitative estimate of drug-likeness (QED) is 0.258. The van der Waals surface area contributed by atoms with Crippen LogP contribution in [0.15, 0.2) is 72.8 Å². The Kier molecular flexibility index (Phi) is 4.25. The lowest BCUT2D eigenvalue weighted by atomic mass is 9.48. The number of hydrogen-bond donors (Lipinski definition) is 0. The first-order chi connectivity index (χ1) is 18.2. The zero-order valence-electron chi connectivity index (χ0n) is 20.7. The van der Waals surface area contributed by atoms with Crippen molar-refractivity contribution in [3.8, 4) is 17.8 Å². The fourth-order valence-electron chi connectivity index (χ4n) is 8.80. The second kappa shape index (κ2) is 7.47. The molecule has 4 aliphatic rings. The number of para-hydroxylation sites is 1. The van der Waals surface area contributed by atoms with Gasteiger partial charge in [-0.05, 0) is 102 Å². The van der Waals surface area contributed by atoms with Gasteiger partial charge in [0, 0.05) is 10.8 Å². The molecule has 1 heterocycles. The first-order valence-electron chi connectivity index (χ1n) is 13.6. The topological polar surface area (TPSA) is 52.5 Å². The molecule has 0 radical (unpaired) electrons. The zero-order valence-corrected chi connectivity index (χ0v) is 20.7. The minimum absolute atomic E-state index is 0.140. The van der Waals surface area contributed by atoms with E-state index in [1.54, 1.807) is 0 Å². The maximum absolute atomic E-state index is 10.5. The van der Waals surface area contributed by atoms with Gasteiger partial charge < -0.3 is 4.57 Å². The molecule has 0 N–H and O–H groups in total. The number of fused-ring (bicyclic) bond motifs is 5. The summed E-state index contributed by atoms with van der Waals surface area (Å²) in [5, 5.41) is 25.7. The second-order valence-corrected chi connectivity index (χ2v) is 11.9. The standard InChI is InChI=1S/C34H27N3/c35-19-25-14-27(34-16-21-11-22(17-34)13-23(12-21)18-34)15-26(20-36)33(25)37-30-8-4-3-7-29(30)32-28-6-2-1-5-24(28)9-10-31(32)37/h1-10,14-15,21-23H,11-13,16-18H2. The van der Waals surface area contributed by atoms with Crippen molar-refractivity contribution in [3.05, 3.63) is 89.5 Å². The molecule has 4 aromatic carbocycles. The highest BCUT2D eigenvalue weighted by Gasteiger charge is 2.51. The maximum Gasteiger partial charge on any atom is 0.101 e. The van der Waals surface area contributed by atoms with Crippen LogP contribution in [0, 0.1) is 40.4 Å². The second-order valence-electron chi connectivity index (χ2n) is 11.9. The molecular weight excluding hydrogens is 450 g/mol. The highest BCUT2D eigenvalue weighted by atomic mass is 15.0. The molecule has 4 aliphatic carbocycles. The van der Waals surface area contributed by atoms with Crippen molar-refractivity contribution in [2.45, 2.75) is 43.9 Å². The molecule has 9 rings (SSSR count). The molecular formula is C34H27N3. The summed E-state index contributed by atoms with van der Waals surface area (Å²) >= 11 is 0. The molecule has 0 unspecified atom stereocenters. The molecule has 3 heteroatoms. The van der Waals surface area contributed by atoms with Gasteiger partial charge in [-0.1, -0.05) is 48.5 Å². The molecule has 4 fully saturated rings. The lowest BCUT2D eigenvalue weighted by molar-refractivity contribution is -0.00520. The van der Waals surface area contributed by atoms with Crippen LogP contribution in [0.5, 0.6) is 0 Å². The van der Waals surface area contributed by atoms with Crippen LogP contribution < -0.4 is 0 Å². The summed E-state index contributed by atoms with van der Waals surface area (Å²) in [4.78, 5) is 0. The first-order valence-corrected chi connectivity index (χ1v) is 13.6. The number of nitriles is 2. The molecule has 5 aromatic rings. The van der Waals surface area contributed by atoms with E-state index in [-0.39, 0.29) is 5.41 Å². The smallest absolute Gasteiger partial charge is 0.101 e. The Hall–Kier alpha value is -4.08. The van der Waals surface area contributed by atoms with Crippen molar-refractivity contribution in [1.82, 2.24) is 4.57 Å². The van der Waals surface area contributed by atoms with E-state index in [2.05, 4.69) is 83.4 Å². The van der Waals surface area contributed by atoms with Crippen molar-refractivity contribution < 1.29 is 0 Å². The molecule has 0 amide bonds. The Morgan fingerprint density at radius 3 is 1.92 bits per heavy atom. The number of rotatable bonds is 2. The van der Waals surface area contributed by atoms with Crippen LogP contribution in [-0.2, 0) is 5.41 Å². The third kappa shape index (κ3) is 2.86. The van der Waals surface area contributed by atoms with Gasteiger partial charge >= 0.3 is 0 Å². The van der Waals surface area contributed by atoms with Gasteiger partial charge in [0.25, 0.3) is 0 Å². The third-order valence-electron chi connectivity index (χ3n) is 9.79. The van der Waals surface area contributed by atoms with E-state index >= 15 is 0 Å². The predicted octanol–water partition coefficient (Wildman–Crippen LogP) is 8.15. The average molecular weight is 478 g/mol. The van der Waals surface area contributed by atoms with Crippen LogP contribution >= 0.6 is 0 Å². The molecule has 3 nitrogen and oxygen atoms in total. The Morgan fingerprint density at radius 2 is 1.27 bits per heavy atom. The van der Waals surface area contributed by atoms with E-state index in [0.717, 1.165) is 39.9 Å². The van der Waals surface area contributed by atoms with E-state index in [1.165, 1.54) is 60.2 Å². The summed E-state index contributed by atoms with van der Waals surface area (Å²) in [5.74, 6) is 2.44. The van der Waals surface area contributed by atoms with Gasteiger partial charge in [0.05, 0.1) is 27.8 Å². The summed E-state index contributed by atoms with van der Waals surface area (Å²) < 4.78 is 2.16. The van der Waals surface area contributed by atoms with Crippen LogP contribution in [0.1, 0.15) is 55.2 Å².